The Hall–Kier alpha value is -0.0000000000000000971. The van der Waals surface area contributed by atoms with Crippen LogP contribution in [0.3, 0.4) is 0 Å². The molecular weight excluding hydrogens is 318 g/mol. The molecule has 4 N–H and O–H groups in total. The molecule has 0 bridgehead atoms. The van der Waals surface area contributed by atoms with Crippen LogP contribution in [0.5, 0.6) is 0 Å². The van der Waals surface area contributed by atoms with Crippen molar-refractivity contribution in [2.75, 3.05) is 0 Å². The fourth-order valence-electron chi connectivity index (χ4n) is 1.96. The zero-order valence-electron chi connectivity index (χ0n) is 12.1. The van der Waals surface area contributed by atoms with Crippen molar-refractivity contribution in [2.45, 2.75) is 64.2 Å². The van der Waals surface area contributed by atoms with Crippen molar-refractivity contribution >= 4 is 15.6 Å². The molecule has 126 valence electrons. The normalized spacial score (nSPS) is 18.9. The molecule has 0 unspecified atom stereocenters. The molecule has 0 aliphatic heterocycles. The van der Waals surface area contributed by atoms with E-state index in [-0.39, 0.29) is 0 Å². The highest BCUT2D eigenvalue weighted by Gasteiger charge is 2.27. The van der Waals surface area contributed by atoms with Crippen LogP contribution >= 0.6 is 15.6 Å². The van der Waals surface area contributed by atoms with E-state index in [0.717, 1.165) is 0 Å². The van der Waals surface area contributed by atoms with Gasteiger partial charge in [0, 0.05) is 0 Å². The largest absolute Gasteiger partial charge is 0.478 e. The van der Waals surface area contributed by atoms with Crippen LogP contribution in [0.2, 0.25) is 0 Å². The predicted molar refractivity (Wildman–Crippen MR) is 80.5 cm³/mol. The first kappa shape index (κ1) is 21.0. The molecule has 21 heavy (non-hydrogen) atoms. The number of allylic oxidation sites excluding steroid dienone is 2. The summed E-state index contributed by atoms with van der Waals surface area (Å²) in [6.45, 7) is 0. The maximum atomic E-state index is 9.63. The van der Waals surface area contributed by atoms with Gasteiger partial charge in [-0.25, -0.2) is 9.13 Å². The Balaban J connectivity index is 0.000000400. The minimum absolute atomic E-state index is 1.32. The third-order valence-corrected chi connectivity index (χ3v) is 4.57. The van der Waals surface area contributed by atoms with Crippen LogP contribution < -0.4 is 0 Å². The minimum atomic E-state index is -5.05. The molecule has 0 spiro atoms. The molecular formula is C12H26O7P2. The van der Waals surface area contributed by atoms with Gasteiger partial charge in [0.2, 0.25) is 0 Å². The quantitative estimate of drug-likeness (QED) is 0.445. The molecule has 0 atom stereocenters. The van der Waals surface area contributed by atoms with E-state index in [9.17, 15) is 9.13 Å². The first-order valence-electron chi connectivity index (χ1n) is 7.18. The SMILES string of the molecule is C1=CCCCCCCCCCC1.O=P(O)(O)OP(=O)(O)O. The summed E-state index contributed by atoms with van der Waals surface area (Å²) in [5.41, 5.74) is 0. The molecule has 9 heteroatoms. The summed E-state index contributed by atoms with van der Waals surface area (Å²) in [6.07, 6.45) is 19.0. The first-order valence-corrected chi connectivity index (χ1v) is 10.2. The second kappa shape index (κ2) is 11.6. The second-order valence-corrected chi connectivity index (χ2v) is 7.56. The highest BCUT2D eigenvalue weighted by atomic mass is 31.3. The third kappa shape index (κ3) is 20.0. The van der Waals surface area contributed by atoms with Gasteiger partial charge in [0.25, 0.3) is 0 Å². The van der Waals surface area contributed by atoms with Crippen LogP contribution in [0.25, 0.3) is 0 Å². The predicted octanol–water partition coefficient (Wildman–Crippen LogP) is 3.65. The van der Waals surface area contributed by atoms with Crippen LogP contribution in [0, 0.1) is 0 Å². The molecule has 0 aromatic rings. The lowest BCUT2D eigenvalue weighted by molar-refractivity contribution is 0.225. The molecule has 0 fully saturated rings. The second-order valence-electron chi connectivity index (χ2n) is 4.94. The Bertz CT molecular complexity index is 338. The van der Waals surface area contributed by atoms with E-state index in [1.165, 1.54) is 64.2 Å². The van der Waals surface area contributed by atoms with Crippen LogP contribution in [-0.2, 0) is 13.4 Å². The molecule has 0 aromatic carbocycles. The van der Waals surface area contributed by atoms with Crippen LogP contribution in [0.15, 0.2) is 12.2 Å². The molecule has 0 amide bonds. The molecule has 1 aliphatic carbocycles. The van der Waals surface area contributed by atoms with E-state index >= 15 is 0 Å². The van der Waals surface area contributed by atoms with Crippen LogP contribution in [0.1, 0.15) is 64.2 Å². The summed E-state index contributed by atoms with van der Waals surface area (Å²) < 4.78 is 22.2. The van der Waals surface area contributed by atoms with Crippen LogP contribution in [-0.4, -0.2) is 19.6 Å². The Morgan fingerprint density at radius 2 is 0.905 bits per heavy atom. The number of phosphoric acid groups is 2. The molecule has 0 radical (unpaired) electrons. The minimum Gasteiger partial charge on any atom is -0.302 e. The van der Waals surface area contributed by atoms with Gasteiger partial charge in [-0.2, -0.15) is 4.31 Å². The zero-order chi connectivity index (χ0) is 16.2. The molecule has 0 saturated carbocycles. The zero-order valence-corrected chi connectivity index (χ0v) is 13.9. The number of rotatable bonds is 2. The molecule has 1 rings (SSSR count). The van der Waals surface area contributed by atoms with Crippen molar-refractivity contribution in [3.05, 3.63) is 12.2 Å². The first-order chi connectivity index (χ1) is 9.71. The topological polar surface area (TPSA) is 124 Å². The average Bonchev–Trinajstić information content (AvgIpc) is 2.25. The fourth-order valence-corrected chi connectivity index (χ4v) is 3.07. The van der Waals surface area contributed by atoms with Gasteiger partial charge in [-0.3, -0.25) is 0 Å². The van der Waals surface area contributed by atoms with Gasteiger partial charge in [0.1, 0.15) is 0 Å². The van der Waals surface area contributed by atoms with Gasteiger partial charge >= 0.3 is 15.6 Å². The summed E-state index contributed by atoms with van der Waals surface area (Å²) in [5, 5.41) is 0. The highest BCUT2D eigenvalue weighted by Crippen LogP contribution is 2.53. The van der Waals surface area contributed by atoms with Gasteiger partial charge in [0.05, 0.1) is 0 Å². The standard InChI is InChI=1S/C12H22.H4O7P2/c1-2-4-6-8-10-12-11-9-7-5-3-1;1-8(2,3)7-9(4,5)6/h1-2H,3-12H2;(H2,1,2,3)(H2,4,5,6). The van der Waals surface area contributed by atoms with Gasteiger partial charge in [-0.15, -0.1) is 0 Å². The lowest BCUT2D eigenvalue weighted by Gasteiger charge is -2.03. The molecule has 0 heterocycles. The maximum Gasteiger partial charge on any atom is 0.478 e. The smallest absolute Gasteiger partial charge is 0.302 e. The third-order valence-electron chi connectivity index (χ3n) is 2.87. The molecule has 0 aromatic heterocycles. The molecule has 1 aliphatic rings. The lowest BCUT2D eigenvalue weighted by atomic mass is 10.0. The fraction of sp³-hybridized carbons (Fsp3) is 0.833. The number of hydrogen-bond acceptors (Lipinski definition) is 3. The Kier molecular flexibility index (Phi) is 11.6. The summed E-state index contributed by atoms with van der Waals surface area (Å²) >= 11 is 0. The summed E-state index contributed by atoms with van der Waals surface area (Å²) in [7, 11) is -10.1. The van der Waals surface area contributed by atoms with Gasteiger partial charge in [-0.05, 0) is 25.7 Å². The van der Waals surface area contributed by atoms with Crippen molar-refractivity contribution < 1.29 is 33.0 Å². The van der Waals surface area contributed by atoms with E-state index in [1.807, 2.05) is 0 Å². The monoisotopic (exact) mass is 344 g/mol. The van der Waals surface area contributed by atoms with E-state index in [4.69, 9.17) is 19.6 Å². The Labute approximate surface area is 125 Å². The van der Waals surface area contributed by atoms with Gasteiger partial charge < -0.3 is 19.6 Å². The van der Waals surface area contributed by atoms with Crippen molar-refractivity contribution in [2.24, 2.45) is 0 Å². The van der Waals surface area contributed by atoms with E-state index in [2.05, 4.69) is 16.5 Å². The van der Waals surface area contributed by atoms with Crippen molar-refractivity contribution in [1.29, 1.82) is 0 Å². The maximum absolute atomic E-state index is 9.63. The number of hydrogen-bond donors (Lipinski definition) is 4. The van der Waals surface area contributed by atoms with E-state index in [0.29, 0.717) is 0 Å². The Morgan fingerprint density at radius 1 is 0.619 bits per heavy atom. The van der Waals surface area contributed by atoms with Crippen molar-refractivity contribution in [1.82, 2.24) is 0 Å². The van der Waals surface area contributed by atoms with Crippen molar-refractivity contribution in [3.8, 4) is 0 Å². The van der Waals surface area contributed by atoms with E-state index < -0.39 is 15.6 Å². The van der Waals surface area contributed by atoms with Crippen LogP contribution in [0.4, 0.5) is 0 Å². The summed E-state index contributed by atoms with van der Waals surface area (Å²) in [5.74, 6) is 0. The van der Waals surface area contributed by atoms with Gasteiger partial charge in [-0.1, -0.05) is 50.7 Å². The Morgan fingerprint density at radius 3 is 1.14 bits per heavy atom. The van der Waals surface area contributed by atoms with Crippen molar-refractivity contribution in [3.63, 3.8) is 0 Å². The van der Waals surface area contributed by atoms with Gasteiger partial charge in [0.15, 0.2) is 0 Å². The molecule has 7 nitrogen and oxygen atoms in total. The lowest BCUT2D eigenvalue weighted by Crippen LogP contribution is -1.84. The summed E-state index contributed by atoms with van der Waals surface area (Å²) in [6, 6.07) is 0. The van der Waals surface area contributed by atoms with E-state index in [1.54, 1.807) is 0 Å². The highest BCUT2D eigenvalue weighted by molar-refractivity contribution is 7.60. The molecule has 0 saturated heterocycles. The summed E-state index contributed by atoms with van der Waals surface area (Å²) in [4.78, 5) is 31.0. The average molecular weight is 344 g/mol.